The molecule has 0 fully saturated rings. The third kappa shape index (κ3) is 5.92. The normalized spacial score (nSPS) is 11.5. The number of aromatic nitrogens is 8. The Hall–Kier alpha value is -8.62. The molecule has 0 amide bonds. The van der Waals surface area contributed by atoms with Crippen molar-refractivity contribution in [3.63, 3.8) is 0 Å². The first-order valence-electron chi connectivity index (χ1n) is 20.5. The first kappa shape index (κ1) is 35.3. The zero-order valence-electron chi connectivity index (χ0n) is 33.2. The molecule has 62 heavy (non-hydrogen) atoms. The quantitative estimate of drug-likeness (QED) is 0.160. The van der Waals surface area contributed by atoms with Crippen LogP contribution in [0.2, 0.25) is 0 Å². The van der Waals surface area contributed by atoms with Crippen LogP contribution >= 0.6 is 0 Å². The average molecular weight is 795 g/mol. The molecular formula is C54H34N8. The lowest BCUT2D eigenvalue weighted by Crippen LogP contribution is -2.06. The molecule has 0 saturated carbocycles. The summed E-state index contributed by atoms with van der Waals surface area (Å²) in [6, 6.07) is 68.5. The summed E-state index contributed by atoms with van der Waals surface area (Å²) in [4.78, 5) is 30.6. The molecular weight excluding hydrogens is 761 g/mol. The van der Waals surface area contributed by atoms with Crippen molar-refractivity contribution < 1.29 is 0 Å². The van der Waals surface area contributed by atoms with Gasteiger partial charge in [0.2, 0.25) is 5.95 Å². The Morgan fingerprint density at radius 2 is 0.855 bits per heavy atom. The van der Waals surface area contributed by atoms with Crippen molar-refractivity contribution in [3.05, 3.63) is 206 Å². The minimum atomic E-state index is 0.560. The second-order valence-corrected chi connectivity index (χ2v) is 15.2. The largest absolute Gasteiger partial charge is 0.306 e. The molecule has 8 heteroatoms. The molecule has 7 aromatic carbocycles. The number of rotatable bonds is 7. The zero-order chi connectivity index (χ0) is 41.0. The Morgan fingerprint density at radius 3 is 1.47 bits per heavy atom. The molecule has 0 spiro atoms. The van der Waals surface area contributed by atoms with Crippen LogP contribution in [-0.2, 0) is 0 Å². The summed E-state index contributed by atoms with van der Waals surface area (Å²) in [5.41, 5.74) is 12.3. The number of hydrogen-bond donors (Lipinski definition) is 0. The summed E-state index contributed by atoms with van der Waals surface area (Å²) in [5.74, 6) is 2.44. The van der Waals surface area contributed by atoms with Crippen molar-refractivity contribution in [2.24, 2.45) is 0 Å². The highest BCUT2D eigenvalue weighted by Gasteiger charge is 2.23. The topological polar surface area (TPSA) is 87.2 Å². The molecule has 12 aromatic rings. The Balaban J connectivity index is 1.08. The predicted octanol–water partition coefficient (Wildman–Crippen LogP) is 12.6. The molecule has 5 heterocycles. The van der Waals surface area contributed by atoms with Gasteiger partial charge in [-0.1, -0.05) is 146 Å². The van der Waals surface area contributed by atoms with Crippen LogP contribution in [0.1, 0.15) is 0 Å². The van der Waals surface area contributed by atoms with Crippen LogP contribution in [0.3, 0.4) is 0 Å². The molecule has 0 N–H and O–H groups in total. The van der Waals surface area contributed by atoms with Crippen LogP contribution in [0, 0.1) is 0 Å². The summed E-state index contributed by atoms with van der Waals surface area (Å²) in [5, 5.41) is 3.22. The zero-order valence-corrected chi connectivity index (χ0v) is 33.2. The second kappa shape index (κ2) is 14.6. The van der Waals surface area contributed by atoms with Gasteiger partial charge >= 0.3 is 0 Å². The van der Waals surface area contributed by atoms with E-state index >= 15 is 0 Å². The van der Waals surface area contributed by atoms with E-state index < -0.39 is 0 Å². The number of para-hydroxylation sites is 2. The van der Waals surface area contributed by atoms with Crippen molar-refractivity contribution in [1.82, 2.24) is 39.0 Å². The number of fused-ring (bicyclic) bond motifs is 6. The molecule has 0 unspecified atom stereocenters. The van der Waals surface area contributed by atoms with E-state index in [1.54, 1.807) is 0 Å². The highest BCUT2D eigenvalue weighted by atomic mass is 15.2. The second-order valence-electron chi connectivity index (χ2n) is 15.2. The lowest BCUT2D eigenvalue weighted by molar-refractivity contribution is 0.953. The number of nitrogens with zero attached hydrogens (tertiary/aromatic N) is 8. The maximum atomic E-state index is 5.34. The van der Waals surface area contributed by atoms with E-state index in [4.69, 9.17) is 29.9 Å². The Morgan fingerprint density at radius 1 is 0.339 bits per heavy atom. The van der Waals surface area contributed by atoms with Crippen LogP contribution in [-0.4, -0.2) is 39.0 Å². The van der Waals surface area contributed by atoms with Gasteiger partial charge in [-0.05, 0) is 65.7 Å². The molecule has 0 aliphatic heterocycles. The first-order chi connectivity index (χ1) is 30.7. The Labute approximate surface area is 356 Å². The van der Waals surface area contributed by atoms with Crippen molar-refractivity contribution in [1.29, 1.82) is 0 Å². The Kier molecular flexibility index (Phi) is 8.31. The van der Waals surface area contributed by atoms with Gasteiger partial charge < -0.3 is 4.57 Å². The molecule has 0 aliphatic carbocycles. The van der Waals surface area contributed by atoms with Gasteiger partial charge in [-0.25, -0.2) is 15.0 Å². The van der Waals surface area contributed by atoms with Gasteiger partial charge in [-0.2, -0.15) is 9.97 Å². The molecule has 0 radical (unpaired) electrons. The van der Waals surface area contributed by atoms with Crippen LogP contribution in [0.15, 0.2) is 206 Å². The highest BCUT2D eigenvalue weighted by Crippen LogP contribution is 2.40. The summed E-state index contributed by atoms with van der Waals surface area (Å²) >= 11 is 0. The van der Waals surface area contributed by atoms with Gasteiger partial charge in [0.05, 0.1) is 22.2 Å². The van der Waals surface area contributed by atoms with E-state index in [0.29, 0.717) is 23.4 Å². The minimum Gasteiger partial charge on any atom is -0.306 e. The van der Waals surface area contributed by atoms with Crippen molar-refractivity contribution in [2.45, 2.75) is 0 Å². The van der Waals surface area contributed by atoms with Crippen molar-refractivity contribution >= 4 is 43.7 Å². The Bertz CT molecular complexity index is 3550. The van der Waals surface area contributed by atoms with Crippen molar-refractivity contribution in [3.8, 4) is 68.3 Å². The smallest absolute Gasteiger partial charge is 0.238 e. The molecule has 5 aromatic heterocycles. The average Bonchev–Trinajstić information content (AvgIpc) is 3.87. The van der Waals surface area contributed by atoms with Gasteiger partial charge in [0.25, 0.3) is 0 Å². The van der Waals surface area contributed by atoms with Crippen LogP contribution in [0.5, 0.6) is 0 Å². The highest BCUT2D eigenvalue weighted by molar-refractivity contribution is 6.13. The fourth-order valence-electron chi connectivity index (χ4n) is 8.58. The third-order valence-electron chi connectivity index (χ3n) is 11.4. The minimum absolute atomic E-state index is 0.560. The third-order valence-corrected chi connectivity index (χ3v) is 11.4. The molecule has 0 atom stereocenters. The monoisotopic (exact) mass is 794 g/mol. The van der Waals surface area contributed by atoms with E-state index in [1.807, 2.05) is 109 Å². The predicted molar refractivity (Wildman–Crippen MR) is 249 cm³/mol. The van der Waals surface area contributed by atoms with E-state index in [-0.39, 0.29) is 0 Å². The number of pyridine rings is 1. The fourth-order valence-corrected chi connectivity index (χ4v) is 8.58. The summed E-state index contributed by atoms with van der Waals surface area (Å²) in [6.07, 6.45) is 1.82. The van der Waals surface area contributed by atoms with Gasteiger partial charge in [0, 0.05) is 44.7 Å². The van der Waals surface area contributed by atoms with E-state index in [2.05, 4.69) is 106 Å². The molecule has 8 nitrogen and oxygen atoms in total. The standard InChI is InChI=1S/C54H34N8/c1-5-17-35(18-6-1)51-56-48-43-34-39(29-31-47(43)61(40-23-11-4-12-24-40)50(48)49(57-51)44-26-15-16-32-55-44)38-28-30-46-42(33-38)41-25-13-14-27-45(41)62(46)54-59-52(36-19-7-2-8-20-36)58-53(60-54)37-21-9-3-10-22-37/h1-34H. The molecule has 0 aliphatic rings. The molecule has 0 bridgehead atoms. The first-order valence-corrected chi connectivity index (χ1v) is 20.5. The lowest BCUT2D eigenvalue weighted by atomic mass is 10.0. The summed E-state index contributed by atoms with van der Waals surface area (Å²) < 4.78 is 4.43. The van der Waals surface area contributed by atoms with Gasteiger partial charge in [-0.15, -0.1) is 0 Å². The number of benzene rings is 7. The van der Waals surface area contributed by atoms with E-state index in [0.717, 1.165) is 88.6 Å². The van der Waals surface area contributed by atoms with Crippen LogP contribution < -0.4 is 0 Å². The van der Waals surface area contributed by atoms with Gasteiger partial charge in [0.15, 0.2) is 17.5 Å². The molecule has 0 saturated heterocycles. The van der Waals surface area contributed by atoms with Crippen molar-refractivity contribution in [2.75, 3.05) is 0 Å². The number of hydrogen-bond acceptors (Lipinski definition) is 6. The SMILES string of the molecule is c1ccc(-c2nc(-c3ccccc3)nc(-n3c4ccccc4c4cc(-c5ccc6c(c5)c5nc(-c7ccccc7)nc(-c7ccccn7)c5n6-c5ccccc5)ccc43)n2)cc1. The fraction of sp³-hybridized carbons (Fsp3) is 0. The van der Waals surface area contributed by atoms with Gasteiger partial charge in [-0.3, -0.25) is 9.55 Å². The lowest BCUT2D eigenvalue weighted by Gasteiger charge is -2.11. The molecule has 12 rings (SSSR count). The summed E-state index contributed by atoms with van der Waals surface area (Å²) in [7, 11) is 0. The summed E-state index contributed by atoms with van der Waals surface area (Å²) in [6.45, 7) is 0. The molecule has 290 valence electrons. The van der Waals surface area contributed by atoms with E-state index in [9.17, 15) is 0 Å². The van der Waals surface area contributed by atoms with Crippen LogP contribution in [0.25, 0.3) is 112 Å². The van der Waals surface area contributed by atoms with E-state index in [1.165, 1.54) is 0 Å². The maximum Gasteiger partial charge on any atom is 0.238 e. The van der Waals surface area contributed by atoms with Gasteiger partial charge in [0.1, 0.15) is 16.7 Å². The maximum absolute atomic E-state index is 5.34. The van der Waals surface area contributed by atoms with Crippen LogP contribution in [0.4, 0.5) is 0 Å².